The van der Waals surface area contributed by atoms with E-state index in [2.05, 4.69) is 11.8 Å². The number of hydrogen-bond acceptors (Lipinski definition) is 6. The molecular formula is C17H26ClN3O4. The summed E-state index contributed by atoms with van der Waals surface area (Å²) in [5.41, 5.74) is 0.628. The minimum atomic E-state index is -0.506. The first-order valence-corrected chi connectivity index (χ1v) is 9.06. The van der Waals surface area contributed by atoms with Gasteiger partial charge in [0.05, 0.1) is 17.6 Å². The van der Waals surface area contributed by atoms with Crippen LogP contribution in [0, 0.1) is 10.1 Å². The molecule has 8 heteroatoms. The first-order valence-electron chi connectivity index (χ1n) is 8.68. The maximum Gasteiger partial charge on any atom is 0.294 e. The summed E-state index contributed by atoms with van der Waals surface area (Å²) in [5.74, 6) is 0. The van der Waals surface area contributed by atoms with Crippen molar-refractivity contribution in [2.75, 3.05) is 50.8 Å². The van der Waals surface area contributed by atoms with Crippen molar-refractivity contribution < 1.29 is 14.8 Å². The predicted octanol–water partition coefficient (Wildman–Crippen LogP) is 2.55. The molecular weight excluding hydrogens is 346 g/mol. The van der Waals surface area contributed by atoms with E-state index < -0.39 is 11.0 Å². The number of benzene rings is 1. The van der Waals surface area contributed by atoms with E-state index in [1.165, 1.54) is 6.07 Å². The van der Waals surface area contributed by atoms with E-state index in [0.29, 0.717) is 43.6 Å². The Bertz CT molecular complexity index is 565. The molecule has 1 aromatic carbocycles. The van der Waals surface area contributed by atoms with E-state index in [-0.39, 0.29) is 5.69 Å². The predicted molar refractivity (Wildman–Crippen MR) is 98.5 cm³/mol. The third-order valence-electron chi connectivity index (χ3n) is 4.27. The zero-order chi connectivity index (χ0) is 18.2. The van der Waals surface area contributed by atoms with Gasteiger partial charge >= 0.3 is 0 Å². The van der Waals surface area contributed by atoms with Gasteiger partial charge in [0.1, 0.15) is 5.69 Å². The molecule has 0 saturated carbocycles. The second kappa shape index (κ2) is 9.91. The van der Waals surface area contributed by atoms with Gasteiger partial charge in [0.2, 0.25) is 0 Å². The van der Waals surface area contributed by atoms with Gasteiger partial charge in [0.15, 0.2) is 0 Å². The molecule has 7 nitrogen and oxygen atoms in total. The fraction of sp³-hybridized carbons (Fsp3) is 0.647. The standard InChI is InChI=1S/C17H26ClN3O4/c1-2-3-10-25-13-15(22)12-19-6-8-20(9-7-19)16-5-4-14(18)11-17(16)21(23)24/h4-5,11,15,22H,2-3,6-10,12-13H2,1H3/t15-/m0/s1. The van der Waals surface area contributed by atoms with Crippen LogP contribution in [0.4, 0.5) is 11.4 Å². The van der Waals surface area contributed by atoms with E-state index in [1.54, 1.807) is 12.1 Å². The number of hydrogen-bond donors (Lipinski definition) is 1. The highest BCUT2D eigenvalue weighted by atomic mass is 35.5. The van der Waals surface area contributed by atoms with E-state index in [9.17, 15) is 15.2 Å². The lowest BCUT2D eigenvalue weighted by molar-refractivity contribution is -0.384. The Labute approximate surface area is 153 Å². The summed E-state index contributed by atoms with van der Waals surface area (Å²) >= 11 is 5.87. The van der Waals surface area contributed by atoms with Gasteiger partial charge < -0.3 is 14.7 Å². The number of aliphatic hydroxyl groups excluding tert-OH is 1. The molecule has 0 amide bonds. The largest absolute Gasteiger partial charge is 0.389 e. The van der Waals surface area contributed by atoms with E-state index in [0.717, 1.165) is 25.9 Å². The fourth-order valence-corrected chi connectivity index (χ4v) is 3.06. The summed E-state index contributed by atoms with van der Waals surface area (Å²) in [6, 6.07) is 4.76. The molecule has 1 aliphatic rings. The Morgan fingerprint density at radius 2 is 2.08 bits per heavy atom. The summed E-state index contributed by atoms with van der Waals surface area (Å²) < 4.78 is 5.45. The van der Waals surface area contributed by atoms with E-state index in [1.807, 2.05) is 4.90 Å². The van der Waals surface area contributed by atoms with Crippen molar-refractivity contribution in [3.8, 4) is 0 Å². The van der Waals surface area contributed by atoms with Crippen molar-refractivity contribution >= 4 is 23.0 Å². The van der Waals surface area contributed by atoms with Crippen molar-refractivity contribution in [2.45, 2.75) is 25.9 Å². The van der Waals surface area contributed by atoms with Crippen LogP contribution in [-0.2, 0) is 4.74 Å². The lowest BCUT2D eigenvalue weighted by Gasteiger charge is -2.36. The molecule has 25 heavy (non-hydrogen) atoms. The first-order chi connectivity index (χ1) is 12.0. The number of halogens is 1. The SMILES string of the molecule is CCCCOC[C@@H](O)CN1CCN(c2ccc(Cl)cc2[N+](=O)[O-])CC1. The van der Waals surface area contributed by atoms with Crippen LogP contribution in [0.5, 0.6) is 0 Å². The van der Waals surface area contributed by atoms with Crippen LogP contribution in [0.2, 0.25) is 5.02 Å². The lowest BCUT2D eigenvalue weighted by Crippen LogP contribution is -2.49. The smallest absolute Gasteiger partial charge is 0.294 e. The van der Waals surface area contributed by atoms with Crippen LogP contribution in [0.15, 0.2) is 18.2 Å². The van der Waals surface area contributed by atoms with Crippen molar-refractivity contribution in [1.82, 2.24) is 4.90 Å². The zero-order valence-corrected chi connectivity index (χ0v) is 15.3. The first kappa shape index (κ1) is 19.9. The van der Waals surface area contributed by atoms with Crippen LogP contribution in [0.1, 0.15) is 19.8 Å². The van der Waals surface area contributed by atoms with Crippen molar-refractivity contribution in [3.63, 3.8) is 0 Å². The van der Waals surface area contributed by atoms with Crippen molar-refractivity contribution in [3.05, 3.63) is 33.3 Å². The van der Waals surface area contributed by atoms with Gasteiger partial charge in [0, 0.05) is 50.4 Å². The molecule has 1 aromatic rings. The average molecular weight is 372 g/mol. The molecule has 0 unspecified atom stereocenters. The molecule has 0 aromatic heterocycles. The summed E-state index contributed by atoms with van der Waals surface area (Å²) in [6.07, 6.45) is 1.58. The number of rotatable bonds is 9. The van der Waals surface area contributed by atoms with Crippen LogP contribution >= 0.6 is 11.6 Å². The molecule has 0 radical (unpaired) electrons. The highest BCUT2D eigenvalue weighted by molar-refractivity contribution is 6.30. The van der Waals surface area contributed by atoms with E-state index >= 15 is 0 Å². The molecule has 1 heterocycles. The Hall–Kier alpha value is -1.41. The summed E-state index contributed by atoms with van der Waals surface area (Å²) in [7, 11) is 0. The number of piperazine rings is 1. The quantitative estimate of drug-likeness (QED) is 0.408. The normalized spacial score (nSPS) is 16.8. The maximum atomic E-state index is 11.2. The van der Waals surface area contributed by atoms with Crippen molar-refractivity contribution in [2.24, 2.45) is 0 Å². The minimum absolute atomic E-state index is 0.0327. The fourth-order valence-electron chi connectivity index (χ4n) is 2.90. The minimum Gasteiger partial charge on any atom is -0.389 e. The third-order valence-corrected chi connectivity index (χ3v) is 4.50. The molecule has 1 atom stereocenters. The Morgan fingerprint density at radius 1 is 1.36 bits per heavy atom. The molecule has 1 saturated heterocycles. The van der Waals surface area contributed by atoms with Gasteiger partial charge in [-0.1, -0.05) is 24.9 Å². The van der Waals surface area contributed by atoms with Crippen LogP contribution < -0.4 is 4.90 Å². The number of anilines is 1. The molecule has 2 rings (SSSR count). The van der Waals surface area contributed by atoms with Gasteiger partial charge in [-0.3, -0.25) is 15.0 Å². The highest BCUT2D eigenvalue weighted by Crippen LogP contribution is 2.31. The Morgan fingerprint density at radius 3 is 2.72 bits per heavy atom. The number of nitro benzene ring substituents is 1. The lowest BCUT2D eigenvalue weighted by atomic mass is 10.2. The molecule has 0 aliphatic carbocycles. The molecule has 1 fully saturated rings. The number of aliphatic hydroxyl groups is 1. The Kier molecular flexibility index (Phi) is 7.90. The number of ether oxygens (including phenoxy) is 1. The highest BCUT2D eigenvalue weighted by Gasteiger charge is 2.24. The van der Waals surface area contributed by atoms with Crippen LogP contribution in [0.25, 0.3) is 0 Å². The molecule has 140 valence electrons. The van der Waals surface area contributed by atoms with Crippen LogP contribution in [-0.4, -0.2) is 67.0 Å². The number of nitro groups is 1. The molecule has 0 bridgehead atoms. The molecule has 1 aliphatic heterocycles. The van der Waals surface area contributed by atoms with Gasteiger partial charge in [-0.15, -0.1) is 0 Å². The molecule has 1 N–H and O–H groups in total. The topological polar surface area (TPSA) is 79.1 Å². The monoisotopic (exact) mass is 371 g/mol. The Balaban J connectivity index is 1.83. The van der Waals surface area contributed by atoms with Crippen molar-refractivity contribution in [1.29, 1.82) is 0 Å². The van der Waals surface area contributed by atoms with Gasteiger partial charge in [-0.25, -0.2) is 0 Å². The van der Waals surface area contributed by atoms with E-state index in [4.69, 9.17) is 16.3 Å². The maximum absolute atomic E-state index is 11.2. The van der Waals surface area contributed by atoms with Gasteiger partial charge in [-0.2, -0.15) is 0 Å². The summed E-state index contributed by atoms with van der Waals surface area (Å²) in [6.45, 7) is 6.52. The average Bonchev–Trinajstić information content (AvgIpc) is 2.59. The summed E-state index contributed by atoms with van der Waals surface area (Å²) in [4.78, 5) is 15.0. The number of β-amino-alcohol motifs (C(OH)–C–C–N with tert-alkyl or cyclic N) is 1. The zero-order valence-electron chi connectivity index (χ0n) is 14.6. The summed E-state index contributed by atoms with van der Waals surface area (Å²) in [5, 5.41) is 21.6. The van der Waals surface area contributed by atoms with Gasteiger partial charge in [-0.05, 0) is 18.6 Å². The second-order valence-electron chi connectivity index (χ2n) is 6.26. The third kappa shape index (κ3) is 6.11. The van der Waals surface area contributed by atoms with Crippen LogP contribution in [0.3, 0.4) is 0 Å². The number of unbranched alkanes of at least 4 members (excludes halogenated alkanes) is 1. The second-order valence-corrected chi connectivity index (χ2v) is 6.70. The van der Waals surface area contributed by atoms with Gasteiger partial charge in [0.25, 0.3) is 5.69 Å². The molecule has 0 spiro atoms. The number of nitrogens with zero attached hydrogens (tertiary/aromatic N) is 3.